The lowest BCUT2D eigenvalue weighted by atomic mass is 10.0. The fourth-order valence-corrected chi connectivity index (χ4v) is 4.01. The van der Waals surface area contributed by atoms with Crippen molar-refractivity contribution in [3.63, 3.8) is 0 Å². The Balaban J connectivity index is 0.000000181. The summed E-state index contributed by atoms with van der Waals surface area (Å²) >= 11 is 0. The molecular formula is C28H28F3N7O. The average Bonchev–Trinajstić information content (AvgIpc) is 3.34. The first-order valence-electron chi connectivity index (χ1n) is 12.3. The third-order valence-electron chi connectivity index (χ3n) is 6.03. The molecule has 1 aliphatic heterocycles. The van der Waals surface area contributed by atoms with Gasteiger partial charge >= 0.3 is 6.18 Å². The van der Waals surface area contributed by atoms with Crippen LogP contribution in [-0.2, 0) is 12.7 Å². The van der Waals surface area contributed by atoms with Gasteiger partial charge in [0.25, 0.3) is 0 Å². The van der Waals surface area contributed by atoms with Gasteiger partial charge in [0, 0.05) is 57.1 Å². The van der Waals surface area contributed by atoms with Crippen LogP contribution in [0.1, 0.15) is 38.4 Å². The largest absolute Gasteiger partial charge is 0.416 e. The number of anilines is 1. The zero-order valence-electron chi connectivity index (χ0n) is 21.6. The van der Waals surface area contributed by atoms with Gasteiger partial charge in [-0.25, -0.2) is 14.5 Å². The van der Waals surface area contributed by atoms with Gasteiger partial charge in [-0.2, -0.15) is 18.3 Å². The van der Waals surface area contributed by atoms with Gasteiger partial charge in [0.05, 0.1) is 17.5 Å². The Morgan fingerprint density at radius 2 is 1.87 bits per heavy atom. The second-order valence-electron chi connectivity index (χ2n) is 8.88. The lowest BCUT2D eigenvalue weighted by Gasteiger charge is -2.28. The monoisotopic (exact) mass is 535 g/mol. The van der Waals surface area contributed by atoms with E-state index < -0.39 is 11.7 Å². The molecule has 8 nitrogen and oxygen atoms in total. The lowest BCUT2D eigenvalue weighted by Crippen LogP contribution is -2.43. The zero-order valence-corrected chi connectivity index (χ0v) is 21.6. The highest BCUT2D eigenvalue weighted by molar-refractivity contribution is 5.75. The molecule has 1 aromatic carbocycles. The van der Waals surface area contributed by atoms with Gasteiger partial charge in [0.2, 0.25) is 0 Å². The van der Waals surface area contributed by atoms with E-state index in [-0.39, 0.29) is 17.7 Å². The molecule has 1 saturated heterocycles. The number of carbonyl (C=O) groups is 1. The number of pyridine rings is 1. The first kappa shape index (κ1) is 27.8. The molecule has 39 heavy (non-hydrogen) atoms. The number of hydrogen-bond acceptors (Lipinski definition) is 7. The van der Waals surface area contributed by atoms with Crippen LogP contribution in [0.2, 0.25) is 0 Å². The highest BCUT2D eigenvalue weighted by Gasteiger charge is 2.34. The van der Waals surface area contributed by atoms with Crippen LogP contribution in [-0.4, -0.2) is 64.0 Å². The molecule has 3 aromatic heterocycles. The first-order chi connectivity index (χ1) is 18.8. The van der Waals surface area contributed by atoms with Crippen LogP contribution in [0.15, 0.2) is 54.9 Å². The molecule has 0 saturated carbocycles. The molecule has 4 heterocycles. The van der Waals surface area contributed by atoms with E-state index in [0.717, 1.165) is 60.7 Å². The fourth-order valence-electron chi connectivity index (χ4n) is 4.01. The molecule has 2 N–H and O–H groups in total. The van der Waals surface area contributed by atoms with Crippen LogP contribution in [0.25, 0.3) is 5.65 Å². The van der Waals surface area contributed by atoms with Crippen molar-refractivity contribution in [2.24, 2.45) is 0 Å². The Morgan fingerprint density at radius 1 is 1.08 bits per heavy atom. The quantitative estimate of drug-likeness (QED) is 0.304. The predicted molar refractivity (Wildman–Crippen MR) is 142 cm³/mol. The molecule has 0 radical (unpaired) electrons. The van der Waals surface area contributed by atoms with E-state index in [0.29, 0.717) is 6.29 Å². The average molecular weight is 536 g/mol. The standard InChI is InChI=1S/C15H13N5.C13H15F3N2O/c1-11-3-6-15-18-10-13(20(15)19-11)5-4-12-7-8-17-14(9-12)16-2;14-13(15,16)12-7-10(9-19)1-2-11(12)8-18-5-3-17-4-6-18/h3,6-10H,1-2H3,(H,16,17);1-2,7,9,17H,3-6,8H2. The summed E-state index contributed by atoms with van der Waals surface area (Å²) < 4.78 is 40.7. The summed E-state index contributed by atoms with van der Waals surface area (Å²) in [4.78, 5) is 21.0. The van der Waals surface area contributed by atoms with Crippen LogP contribution in [0.4, 0.5) is 19.0 Å². The van der Waals surface area contributed by atoms with Gasteiger partial charge in [-0.3, -0.25) is 9.69 Å². The van der Waals surface area contributed by atoms with Gasteiger partial charge in [-0.05, 0) is 48.7 Å². The number of aryl methyl sites for hydroxylation is 1. The third kappa shape index (κ3) is 7.40. The summed E-state index contributed by atoms with van der Waals surface area (Å²) in [7, 11) is 1.83. The number of aromatic nitrogens is 4. The number of carbonyl (C=O) groups excluding carboxylic acids is 1. The van der Waals surface area contributed by atoms with E-state index >= 15 is 0 Å². The minimum absolute atomic E-state index is 0.0522. The predicted octanol–water partition coefficient (Wildman–Crippen LogP) is 3.80. The van der Waals surface area contributed by atoms with Crippen molar-refractivity contribution >= 4 is 17.8 Å². The van der Waals surface area contributed by atoms with Crippen LogP contribution in [0.5, 0.6) is 0 Å². The molecule has 5 rings (SSSR count). The number of aldehydes is 1. The summed E-state index contributed by atoms with van der Waals surface area (Å²) in [5.74, 6) is 6.99. The summed E-state index contributed by atoms with van der Waals surface area (Å²) in [6.07, 6.45) is -0.534. The second-order valence-corrected chi connectivity index (χ2v) is 8.88. The number of rotatable bonds is 4. The number of nitrogens with zero attached hydrogens (tertiary/aromatic N) is 5. The van der Waals surface area contributed by atoms with Gasteiger partial charge in [-0.1, -0.05) is 18.1 Å². The zero-order chi connectivity index (χ0) is 27.8. The molecule has 1 fully saturated rings. The van der Waals surface area contributed by atoms with Gasteiger partial charge in [0.1, 0.15) is 17.8 Å². The smallest absolute Gasteiger partial charge is 0.373 e. The van der Waals surface area contributed by atoms with Crippen LogP contribution < -0.4 is 10.6 Å². The highest BCUT2D eigenvalue weighted by atomic mass is 19.4. The van der Waals surface area contributed by atoms with Crippen molar-refractivity contribution in [2.75, 3.05) is 38.5 Å². The van der Waals surface area contributed by atoms with E-state index in [4.69, 9.17) is 0 Å². The van der Waals surface area contributed by atoms with Crippen molar-refractivity contribution in [1.29, 1.82) is 0 Å². The topological polar surface area (TPSA) is 87.5 Å². The summed E-state index contributed by atoms with van der Waals surface area (Å²) in [6.45, 7) is 5.23. The van der Waals surface area contributed by atoms with E-state index in [1.807, 2.05) is 43.1 Å². The SMILES string of the molecule is CNc1cc(C#Cc2cnc3ccc(C)nn23)ccn1.O=Cc1ccc(CN2CCNCC2)c(C(F)(F)F)c1. The molecule has 4 aromatic rings. The van der Waals surface area contributed by atoms with Gasteiger partial charge in [-0.15, -0.1) is 0 Å². The number of nitrogens with one attached hydrogen (secondary N) is 2. The summed E-state index contributed by atoms with van der Waals surface area (Å²) in [5, 5.41) is 10.6. The van der Waals surface area contributed by atoms with Crippen LogP contribution in [0, 0.1) is 18.8 Å². The number of alkyl halides is 3. The van der Waals surface area contributed by atoms with Crippen LogP contribution in [0.3, 0.4) is 0 Å². The van der Waals surface area contributed by atoms with E-state index in [1.165, 1.54) is 12.1 Å². The fraction of sp³-hybridized carbons (Fsp3) is 0.286. The molecule has 1 aliphatic rings. The highest BCUT2D eigenvalue weighted by Crippen LogP contribution is 2.33. The number of halogens is 3. The van der Waals surface area contributed by atoms with Crippen molar-refractivity contribution in [3.8, 4) is 11.8 Å². The minimum atomic E-state index is -4.43. The maximum atomic E-state index is 13.0. The number of benzene rings is 1. The Morgan fingerprint density at radius 3 is 2.59 bits per heavy atom. The van der Waals surface area contributed by atoms with Crippen molar-refractivity contribution < 1.29 is 18.0 Å². The molecule has 11 heteroatoms. The van der Waals surface area contributed by atoms with Crippen molar-refractivity contribution in [2.45, 2.75) is 19.6 Å². The third-order valence-corrected chi connectivity index (χ3v) is 6.03. The van der Waals surface area contributed by atoms with E-state index in [1.54, 1.807) is 16.9 Å². The molecule has 0 aliphatic carbocycles. The molecular weight excluding hydrogens is 507 g/mol. The molecule has 0 bridgehead atoms. The number of imidazole rings is 1. The molecule has 0 amide bonds. The van der Waals surface area contributed by atoms with Gasteiger partial charge in [0.15, 0.2) is 5.65 Å². The molecule has 0 unspecified atom stereocenters. The minimum Gasteiger partial charge on any atom is -0.373 e. The Hall–Kier alpha value is -4.27. The summed E-state index contributed by atoms with van der Waals surface area (Å²) in [5.41, 5.74) is 2.95. The van der Waals surface area contributed by atoms with Crippen molar-refractivity contribution in [3.05, 3.63) is 88.5 Å². The van der Waals surface area contributed by atoms with E-state index in [9.17, 15) is 18.0 Å². The molecule has 0 spiro atoms. The number of hydrogen-bond donors (Lipinski definition) is 2. The maximum Gasteiger partial charge on any atom is 0.416 e. The second kappa shape index (κ2) is 12.5. The normalized spacial score (nSPS) is 13.7. The Bertz CT molecular complexity index is 1500. The van der Waals surface area contributed by atoms with Crippen molar-refractivity contribution in [1.82, 2.24) is 29.8 Å². The maximum absolute atomic E-state index is 13.0. The van der Waals surface area contributed by atoms with E-state index in [2.05, 4.69) is 37.5 Å². The Kier molecular flexibility index (Phi) is 8.91. The lowest BCUT2D eigenvalue weighted by molar-refractivity contribution is -0.138. The molecule has 202 valence electrons. The first-order valence-corrected chi connectivity index (χ1v) is 12.3. The number of piperazine rings is 1. The molecule has 0 atom stereocenters. The van der Waals surface area contributed by atoms with Crippen LogP contribution >= 0.6 is 0 Å². The van der Waals surface area contributed by atoms with Gasteiger partial charge < -0.3 is 10.6 Å². The Labute approximate surface area is 224 Å². The summed E-state index contributed by atoms with van der Waals surface area (Å²) in [6, 6.07) is 11.4. The number of fused-ring (bicyclic) bond motifs is 1.